The van der Waals surface area contributed by atoms with Gasteiger partial charge in [-0.25, -0.2) is 4.79 Å². The fraction of sp³-hybridized carbons (Fsp3) is 0.222. The Hall–Kier alpha value is -3.42. The number of carbonyl (C=O) groups excluding carboxylic acids is 4. The first-order chi connectivity index (χ1) is 12.3. The smallest absolute Gasteiger partial charge is 0.325 e. The van der Waals surface area contributed by atoms with Gasteiger partial charge in [-0.1, -0.05) is 0 Å². The first kappa shape index (κ1) is 17.4. The van der Waals surface area contributed by atoms with Crippen molar-refractivity contribution in [1.29, 1.82) is 0 Å². The zero-order valence-electron chi connectivity index (χ0n) is 14.2. The fourth-order valence-electron chi connectivity index (χ4n) is 2.70. The summed E-state index contributed by atoms with van der Waals surface area (Å²) in [6.07, 6.45) is 1.40. The van der Waals surface area contributed by atoms with Crippen LogP contribution >= 0.6 is 0 Å². The van der Waals surface area contributed by atoms with Crippen LogP contribution in [0.3, 0.4) is 0 Å². The zero-order chi connectivity index (χ0) is 18.9. The van der Waals surface area contributed by atoms with E-state index >= 15 is 0 Å². The lowest BCUT2D eigenvalue weighted by molar-refractivity contribution is -0.134. The number of Topliss-reactive ketones (excluding diaryl/α,β-unsaturated/α-hetero) is 1. The third-order valence-corrected chi connectivity index (χ3v) is 4.17. The largest absolute Gasteiger partial charge is 0.466 e. The lowest BCUT2D eigenvalue weighted by Crippen LogP contribution is -2.41. The Morgan fingerprint density at radius 2 is 1.88 bits per heavy atom. The highest BCUT2D eigenvalue weighted by molar-refractivity contribution is 6.10. The third-order valence-electron chi connectivity index (χ3n) is 4.17. The van der Waals surface area contributed by atoms with E-state index < -0.39 is 29.9 Å². The highest BCUT2D eigenvalue weighted by Gasteiger charge is 2.51. The second kappa shape index (κ2) is 6.47. The first-order valence-corrected chi connectivity index (χ1v) is 7.90. The molecule has 4 amide bonds. The quantitative estimate of drug-likeness (QED) is 0.629. The van der Waals surface area contributed by atoms with E-state index in [0.717, 1.165) is 4.90 Å². The molecule has 1 aliphatic heterocycles. The number of benzene rings is 1. The summed E-state index contributed by atoms with van der Waals surface area (Å²) in [5.74, 6) is -0.898. The molecule has 26 heavy (non-hydrogen) atoms. The molecular weight excluding hydrogens is 338 g/mol. The molecule has 2 heterocycles. The number of hydrogen-bond donors (Lipinski definition) is 2. The van der Waals surface area contributed by atoms with Crippen molar-refractivity contribution in [2.24, 2.45) is 0 Å². The van der Waals surface area contributed by atoms with Gasteiger partial charge < -0.3 is 15.1 Å². The van der Waals surface area contributed by atoms with Crippen LogP contribution in [0.5, 0.6) is 0 Å². The van der Waals surface area contributed by atoms with Crippen LogP contribution in [0.2, 0.25) is 0 Å². The molecule has 0 radical (unpaired) electrons. The highest BCUT2D eigenvalue weighted by atomic mass is 16.3. The van der Waals surface area contributed by atoms with E-state index in [1.807, 2.05) is 0 Å². The summed E-state index contributed by atoms with van der Waals surface area (Å²) in [6, 6.07) is 8.84. The molecule has 3 rings (SSSR count). The van der Waals surface area contributed by atoms with Gasteiger partial charge >= 0.3 is 6.03 Å². The number of imide groups is 1. The van der Waals surface area contributed by atoms with Crippen LogP contribution in [0, 0.1) is 0 Å². The number of amides is 4. The van der Waals surface area contributed by atoms with Crippen molar-refractivity contribution < 1.29 is 23.6 Å². The Kier molecular flexibility index (Phi) is 4.33. The minimum absolute atomic E-state index is 0.0839. The lowest BCUT2D eigenvalue weighted by Gasteiger charge is -2.18. The van der Waals surface area contributed by atoms with Crippen LogP contribution in [0.4, 0.5) is 10.5 Å². The van der Waals surface area contributed by atoms with E-state index in [4.69, 9.17) is 4.42 Å². The van der Waals surface area contributed by atoms with Gasteiger partial charge in [0.15, 0.2) is 11.3 Å². The molecule has 1 fully saturated rings. The molecule has 8 heteroatoms. The Balaban J connectivity index is 1.68. The molecule has 1 aromatic heterocycles. The number of nitrogens with one attached hydrogen (secondary N) is 2. The number of furan rings is 1. The van der Waals surface area contributed by atoms with Gasteiger partial charge in [-0.05, 0) is 50.2 Å². The molecule has 1 atom stereocenters. The van der Waals surface area contributed by atoms with Gasteiger partial charge in [0.05, 0.1) is 6.26 Å². The number of anilines is 1. The van der Waals surface area contributed by atoms with Gasteiger partial charge in [0.1, 0.15) is 12.3 Å². The molecule has 0 bridgehead atoms. The van der Waals surface area contributed by atoms with Crippen LogP contribution in [0.1, 0.15) is 30.0 Å². The van der Waals surface area contributed by atoms with Gasteiger partial charge in [-0.15, -0.1) is 0 Å². The number of rotatable bonds is 5. The van der Waals surface area contributed by atoms with Crippen molar-refractivity contribution in [2.75, 3.05) is 11.9 Å². The minimum atomic E-state index is -1.34. The molecule has 1 unspecified atom stereocenters. The van der Waals surface area contributed by atoms with E-state index in [2.05, 4.69) is 10.6 Å². The van der Waals surface area contributed by atoms with Gasteiger partial charge in [0.2, 0.25) is 5.91 Å². The van der Waals surface area contributed by atoms with Crippen molar-refractivity contribution in [3.05, 3.63) is 54.0 Å². The highest BCUT2D eigenvalue weighted by Crippen LogP contribution is 2.28. The van der Waals surface area contributed by atoms with Crippen LogP contribution in [0.15, 0.2) is 47.1 Å². The van der Waals surface area contributed by atoms with Crippen molar-refractivity contribution in [3.8, 4) is 0 Å². The molecule has 0 aliphatic carbocycles. The first-order valence-electron chi connectivity index (χ1n) is 7.90. The van der Waals surface area contributed by atoms with Crippen LogP contribution in [-0.4, -0.2) is 35.1 Å². The number of carbonyl (C=O) groups is 4. The van der Waals surface area contributed by atoms with E-state index in [0.29, 0.717) is 17.0 Å². The Bertz CT molecular complexity index is 873. The predicted molar refractivity (Wildman–Crippen MR) is 91.4 cm³/mol. The fourth-order valence-corrected chi connectivity index (χ4v) is 2.70. The van der Waals surface area contributed by atoms with Gasteiger partial charge in [0.25, 0.3) is 5.91 Å². The molecular formula is C18H17N3O5. The maximum absolute atomic E-state index is 12.6. The van der Waals surface area contributed by atoms with E-state index in [9.17, 15) is 19.2 Å². The Morgan fingerprint density at radius 1 is 1.19 bits per heavy atom. The SMILES string of the molecule is CC(=O)c1ccc(NC(=O)CN2C(=O)NC(C)(c3ccco3)C2=O)cc1. The van der Waals surface area contributed by atoms with Gasteiger partial charge in [-0.2, -0.15) is 0 Å². The van der Waals surface area contributed by atoms with Crippen molar-refractivity contribution in [2.45, 2.75) is 19.4 Å². The standard InChI is InChI=1S/C18H17N3O5/c1-11(22)12-5-7-13(8-6-12)19-15(23)10-21-16(24)18(2,20-17(21)25)14-4-3-9-26-14/h3-9H,10H2,1-2H3,(H,19,23)(H,20,25). The minimum Gasteiger partial charge on any atom is -0.466 e. The third kappa shape index (κ3) is 3.08. The van der Waals surface area contributed by atoms with Crippen LogP contribution in [-0.2, 0) is 15.1 Å². The van der Waals surface area contributed by atoms with E-state index in [-0.39, 0.29) is 5.78 Å². The van der Waals surface area contributed by atoms with Gasteiger partial charge in [-0.3, -0.25) is 19.3 Å². The molecule has 8 nitrogen and oxygen atoms in total. The number of nitrogens with zero attached hydrogens (tertiary/aromatic N) is 1. The molecule has 2 aromatic rings. The topological polar surface area (TPSA) is 109 Å². The molecule has 0 saturated carbocycles. The van der Waals surface area contributed by atoms with E-state index in [1.165, 1.54) is 20.1 Å². The second-order valence-electron chi connectivity index (χ2n) is 6.11. The number of hydrogen-bond acceptors (Lipinski definition) is 5. The maximum atomic E-state index is 12.6. The Morgan fingerprint density at radius 3 is 2.46 bits per heavy atom. The lowest BCUT2D eigenvalue weighted by atomic mass is 9.99. The van der Waals surface area contributed by atoms with Crippen molar-refractivity contribution >= 4 is 29.3 Å². The summed E-state index contributed by atoms with van der Waals surface area (Å²) in [4.78, 5) is 49.0. The number of ketones is 1. The molecule has 1 aromatic carbocycles. The van der Waals surface area contributed by atoms with Crippen molar-refractivity contribution in [3.63, 3.8) is 0 Å². The zero-order valence-corrected chi connectivity index (χ0v) is 14.2. The van der Waals surface area contributed by atoms with Crippen molar-refractivity contribution in [1.82, 2.24) is 10.2 Å². The monoisotopic (exact) mass is 355 g/mol. The molecule has 134 valence electrons. The summed E-state index contributed by atoms with van der Waals surface area (Å²) in [7, 11) is 0. The maximum Gasteiger partial charge on any atom is 0.325 e. The summed E-state index contributed by atoms with van der Waals surface area (Å²) in [5.41, 5.74) is -0.364. The molecule has 0 spiro atoms. The van der Waals surface area contributed by atoms with Crippen LogP contribution < -0.4 is 10.6 Å². The summed E-state index contributed by atoms with van der Waals surface area (Å²) in [6.45, 7) is 2.53. The molecule has 1 saturated heterocycles. The predicted octanol–water partition coefficient (Wildman–Crippen LogP) is 1.89. The number of urea groups is 1. The second-order valence-corrected chi connectivity index (χ2v) is 6.11. The molecule has 1 aliphatic rings. The van der Waals surface area contributed by atoms with E-state index in [1.54, 1.807) is 36.4 Å². The molecule has 2 N–H and O–H groups in total. The average molecular weight is 355 g/mol. The summed E-state index contributed by atoms with van der Waals surface area (Å²) < 4.78 is 5.23. The summed E-state index contributed by atoms with van der Waals surface area (Å²) in [5, 5.41) is 5.14. The normalized spacial score (nSPS) is 19.4. The van der Waals surface area contributed by atoms with Crippen LogP contribution in [0.25, 0.3) is 0 Å². The Labute approximate surface area is 149 Å². The summed E-state index contributed by atoms with van der Waals surface area (Å²) >= 11 is 0. The average Bonchev–Trinajstić information content (AvgIpc) is 3.20. The van der Waals surface area contributed by atoms with Gasteiger partial charge in [0, 0.05) is 11.3 Å².